The molecule has 0 atom stereocenters. The van der Waals surface area contributed by atoms with Crippen LogP contribution in [0.1, 0.15) is 53.4 Å². The molecule has 0 amide bonds. The summed E-state index contributed by atoms with van der Waals surface area (Å²) in [7, 11) is 0. The monoisotopic (exact) mass is 296 g/mol. The Morgan fingerprint density at radius 1 is 1.05 bits per heavy atom. The zero-order valence-electron chi connectivity index (χ0n) is 14.7. The van der Waals surface area contributed by atoms with E-state index in [-0.39, 0.29) is 0 Å². The largest absolute Gasteiger partial charge is 0.381 e. The summed E-state index contributed by atoms with van der Waals surface area (Å²) in [4.78, 5) is 2.72. The number of nitrogens with one attached hydrogen (secondary N) is 1. The van der Waals surface area contributed by atoms with Crippen LogP contribution in [-0.2, 0) is 4.74 Å². The van der Waals surface area contributed by atoms with Crippen molar-refractivity contribution >= 4 is 0 Å². The van der Waals surface area contributed by atoms with Gasteiger partial charge in [0.2, 0.25) is 0 Å². The maximum Gasteiger partial charge on any atom is 0.0472 e. The third-order valence-electron chi connectivity index (χ3n) is 4.70. The van der Waals surface area contributed by atoms with Gasteiger partial charge in [0, 0.05) is 45.4 Å². The van der Waals surface area contributed by atoms with Gasteiger partial charge in [-0.1, -0.05) is 27.7 Å². The van der Waals surface area contributed by atoms with Gasteiger partial charge in [-0.15, -0.1) is 0 Å². The second kappa shape index (κ2) is 7.94. The van der Waals surface area contributed by atoms with E-state index in [1.54, 1.807) is 0 Å². The molecule has 0 aromatic carbocycles. The summed E-state index contributed by atoms with van der Waals surface area (Å²) in [6.07, 6.45) is 5.21. The third-order valence-corrected chi connectivity index (χ3v) is 4.70. The maximum atomic E-state index is 5.64. The van der Waals surface area contributed by atoms with E-state index in [2.05, 4.69) is 37.9 Å². The lowest BCUT2D eigenvalue weighted by Gasteiger charge is -2.42. The summed E-state index contributed by atoms with van der Waals surface area (Å²) < 4.78 is 5.64. The molecular weight excluding hydrogens is 260 g/mol. The predicted molar refractivity (Wildman–Crippen MR) is 89.6 cm³/mol. The molecule has 1 saturated heterocycles. The molecule has 0 aromatic heterocycles. The first-order valence-electron chi connectivity index (χ1n) is 9.02. The number of nitrogens with zero attached hydrogens (tertiary/aromatic N) is 1. The van der Waals surface area contributed by atoms with E-state index < -0.39 is 0 Å². The average Bonchev–Trinajstić information content (AvgIpc) is 3.20. The van der Waals surface area contributed by atoms with Gasteiger partial charge in [0.05, 0.1) is 0 Å². The molecule has 0 aromatic rings. The highest BCUT2D eigenvalue weighted by Crippen LogP contribution is 2.33. The van der Waals surface area contributed by atoms with Gasteiger partial charge >= 0.3 is 0 Å². The van der Waals surface area contributed by atoms with Crippen LogP contribution in [0.5, 0.6) is 0 Å². The summed E-state index contributed by atoms with van der Waals surface area (Å²) in [5, 5.41) is 3.80. The molecule has 1 aliphatic heterocycles. The third kappa shape index (κ3) is 6.25. The lowest BCUT2D eigenvalue weighted by Crippen LogP contribution is -2.49. The van der Waals surface area contributed by atoms with Crippen molar-refractivity contribution in [1.82, 2.24) is 10.2 Å². The highest BCUT2D eigenvalue weighted by molar-refractivity contribution is 4.91. The molecular formula is C18H36N2O. The molecule has 1 saturated carbocycles. The fraction of sp³-hybridized carbons (Fsp3) is 1.00. The Bertz CT molecular complexity index is 284. The molecule has 3 nitrogen and oxygen atoms in total. The molecule has 0 spiro atoms. The molecule has 2 fully saturated rings. The van der Waals surface area contributed by atoms with Crippen molar-refractivity contribution in [2.75, 3.05) is 39.4 Å². The maximum absolute atomic E-state index is 5.64. The van der Waals surface area contributed by atoms with Gasteiger partial charge in [-0.2, -0.15) is 0 Å². The zero-order chi connectivity index (χ0) is 15.3. The number of rotatable bonds is 9. The first kappa shape index (κ1) is 17.2. The zero-order valence-corrected chi connectivity index (χ0v) is 14.7. The van der Waals surface area contributed by atoms with Crippen molar-refractivity contribution in [3.8, 4) is 0 Å². The quantitative estimate of drug-likeness (QED) is 0.707. The minimum atomic E-state index is 0.435. The van der Waals surface area contributed by atoms with Crippen molar-refractivity contribution in [3.05, 3.63) is 0 Å². The van der Waals surface area contributed by atoms with Gasteiger partial charge in [0.25, 0.3) is 0 Å². The number of hydrogen-bond donors (Lipinski definition) is 1. The van der Waals surface area contributed by atoms with E-state index in [9.17, 15) is 0 Å². The summed E-state index contributed by atoms with van der Waals surface area (Å²) in [6.45, 7) is 16.1. The summed E-state index contributed by atoms with van der Waals surface area (Å²) >= 11 is 0. The van der Waals surface area contributed by atoms with Gasteiger partial charge in [-0.05, 0) is 42.9 Å². The Hall–Kier alpha value is -0.120. The van der Waals surface area contributed by atoms with Gasteiger partial charge in [0.1, 0.15) is 0 Å². The molecule has 0 bridgehead atoms. The van der Waals surface area contributed by atoms with E-state index in [0.717, 1.165) is 31.1 Å². The van der Waals surface area contributed by atoms with Crippen LogP contribution < -0.4 is 5.32 Å². The Kier molecular flexibility index (Phi) is 6.51. The Balaban J connectivity index is 1.95. The smallest absolute Gasteiger partial charge is 0.0472 e. The predicted octanol–water partition coefficient (Wildman–Crippen LogP) is 3.15. The molecule has 2 aliphatic rings. The van der Waals surface area contributed by atoms with E-state index >= 15 is 0 Å². The van der Waals surface area contributed by atoms with Gasteiger partial charge in [0.15, 0.2) is 0 Å². The van der Waals surface area contributed by atoms with Crippen LogP contribution in [0.3, 0.4) is 0 Å². The van der Waals surface area contributed by atoms with Crippen molar-refractivity contribution in [1.29, 1.82) is 0 Å². The number of ether oxygens (including phenoxy) is 1. The highest BCUT2D eigenvalue weighted by atomic mass is 16.5. The minimum Gasteiger partial charge on any atom is -0.381 e. The molecule has 2 rings (SSSR count). The van der Waals surface area contributed by atoms with Gasteiger partial charge in [-0.3, -0.25) is 0 Å². The second-order valence-electron chi connectivity index (χ2n) is 8.25. The average molecular weight is 296 g/mol. The summed E-state index contributed by atoms with van der Waals surface area (Å²) in [6, 6.07) is 0.813. The van der Waals surface area contributed by atoms with Crippen molar-refractivity contribution in [2.45, 2.75) is 59.4 Å². The van der Waals surface area contributed by atoms with Crippen LogP contribution in [0, 0.1) is 17.3 Å². The molecule has 1 aliphatic carbocycles. The van der Waals surface area contributed by atoms with E-state index in [0.29, 0.717) is 5.41 Å². The van der Waals surface area contributed by atoms with Crippen LogP contribution in [-0.4, -0.2) is 50.3 Å². The van der Waals surface area contributed by atoms with Crippen LogP contribution >= 0.6 is 0 Å². The number of hydrogen-bond acceptors (Lipinski definition) is 3. The van der Waals surface area contributed by atoms with Crippen molar-refractivity contribution in [2.24, 2.45) is 17.3 Å². The van der Waals surface area contributed by atoms with Gasteiger partial charge in [-0.25, -0.2) is 0 Å². The van der Waals surface area contributed by atoms with Crippen molar-refractivity contribution in [3.63, 3.8) is 0 Å². The fourth-order valence-corrected chi connectivity index (χ4v) is 3.55. The Morgan fingerprint density at radius 3 is 2.10 bits per heavy atom. The minimum absolute atomic E-state index is 0.435. The SMILES string of the molecule is CC(C)CN(CC(C)C)CC1(CNC2CC2)CCOCC1. The standard InChI is InChI=1S/C18H36N2O/c1-15(2)11-20(12-16(3)4)14-18(7-9-21-10-8-18)13-19-17-5-6-17/h15-17,19H,5-14H2,1-4H3. The van der Waals surface area contributed by atoms with Gasteiger partial charge < -0.3 is 15.0 Å². The molecule has 1 N–H and O–H groups in total. The molecule has 1 heterocycles. The van der Waals surface area contributed by atoms with E-state index in [1.165, 1.54) is 51.9 Å². The Morgan fingerprint density at radius 2 is 1.62 bits per heavy atom. The molecule has 21 heavy (non-hydrogen) atoms. The van der Waals surface area contributed by atoms with Crippen LogP contribution in [0.4, 0.5) is 0 Å². The summed E-state index contributed by atoms with van der Waals surface area (Å²) in [5.41, 5.74) is 0.435. The molecule has 124 valence electrons. The van der Waals surface area contributed by atoms with Crippen LogP contribution in [0.2, 0.25) is 0 Å². The lowest BCUT2D eigenvalue weighted by atomic mass is 9.79. The normalized spacial score (nSPS) is 22.4. The van der Waals surface area contributed by atoms with E-state index in [1.807, 2.05) is 0 Å². The second-order valence-corrected chi connectivity index (χ2v) is 8.25. The lowest BCUT2D eigenvalue weighted by molar-refractivity contribution is -0.00796. The molecule has 3 heteroatoms. The first-order valence-corrected chi connectivity index (χ1v) is 9.02. The molecule has 0 unspecified atom stereocenters. The first-order chi connectivity index (χ1) is 9.99. The van der Waals surface area contributed by atoms with E-state index in [4.69, 9.17) is 4.74 Å². The van der Waals surface area contributed by atoms with Crippen LogP contribution in [0.25, 0.3) is 0 Å². The topological polar surface area (TPSA) is 24.5 Å². The molecule has 0 radical (unpaired) electrons. The van der Waals surface area contributed by atoms with Crippen molar-refractivity contribution < 1.29 is 4.74 Å². The van der Waals surface area contributed by atoms with Crippen LogP contribution in [0.15, 0.2) is 0 Å². The summed E-state index contributed by atoms with van der Waals surface area (Å²) in [5.74, 6) is 1.49. The highest BCUT2D eigenvalue weighted by Gasteiger charge is 2.36. The Labute approximate surface area is 131 Å². The fourth-order valence-electron chi connectivity index (χ4n) is 3.55.